The van der Waals surface area contributed by atoms with Crippen LogP contribution in [0.4, 0.5) is 0 Å². The predicted molar refractivity (Wildman–Crippen MR) is 33.6 cm³/mol. The van der Waals surface area contributed by atoms with Crippen LogP contribution in [0.1, 0.15) is 19.3 Å². The Labute approximate surface area is 54.8 Å². The van der Waals surface area contributed by atoms with Crippen LogP contribution in [0, 0.1) is 12.3 Å². The summed E-state index contributed by atoms with van der Waals surface area (Å²) in [4.78, 5) is 0. The number of rotatable bonds is 0. The lowest BCUT2D eigenvalue weighted by Gasteiger charge is -2.22. The van der Waals surface area contributed by atoms with Crippen molar-refractivity contribution in [3.63, 3.8) is 0 Å². The Kier molecular flexibility index (Phi) is 2.10. The van der Waals surface area contributed by atoms with Gasteiger partial charge in [0.05, 0.1) is 0 Å². The average molecular weight is 126 g/mol. The highest BCUT2D eigenvalue weighted by atomic mass is 16.6. The maximum absolute atomic E-state index is 8.89. The number of aliphatic hydroxyl groups excluding tert-OH is 1. The van der Waals surface area contributed by atoms with Crippen LogP contribution in [-0.4, -0.2) is 17.5 Å². The molecule has 1 aliphatic rings. The minimum Gasteiger partial charge on any atom is -0.368 e. The van der Waals surface area contributed by atoms with Crippen LogP contribution in [0.25, 0.3) is 0 Å². The summed E-state index contributed by atoms with van der Waals surface area (Å²) in [5.41, 5.74) is 0. The molecule has 0 bridgehead atoms. The molecule has 1 N–H and O–H groups in total. The van der Waals surface area contributed by atoms with E-state index in [2.05, 4.69) is 5.92 Å². The SMILES string of the molecule is C#C[C@H]1CCC[C@H](O)O1. The Morgan fingerprint density at radius 2 is 2.33 bits per heavy atom. The summed E-state index contributed by atoms with van der Waals surface area (Å²) in [5.74, 6) is 2.45. The van der Waals surface area contributed by atoms with Gasteiger partial charge in [-0.05, 0) is 19.3 Å². The summed E-state index contributed by atoms with van der Waals surface area (Å²) in [5, 5.41) is 8.89. The van der Waals surface area contributed by atoms with Crippen molar-refractivity contribution < 1.29 is 9.84 Å². The lowest BCUT2D eigenvalue weighted by Crippen LogP contribution is -2.25. The molecule has 0 aromatic rings. The van der Waals surface area contributed by atoms with Crippen molar-refractivity contribution in [3.05, 3.63) is 0 Å². The van der Waals surface area contributed by atoms with Crippen molar-refractivity contribution in [1.29, 1.82) is 0 Å². The molecule has 2 atom stereocenters. The molecule has 1 fully saturated rings. The summed E-state index contributed by atoms with van der Waals surface area (Å²) in [6, 6.07) is 0. The van der Waals surface area contributed by atoms with Gasteiger partial charge >= 0.3 is 0 Å². The Bertz CT molecular complexity index is 125. The van der Waals surface area contributed by atoms with E-state index < -0.39 is 6.29 Å². The van der Waals surface area contributed by atoms with Gasteiger partial charge in [-0.1, -0.05) is 5.92 Å². The number of ether oxygens (including phenoxy) is 1. The summed E-state index contributed by atoms with van der Waals surface area (Å²) >= 11 is 0. The Balaban J connectivity index is 2.34. The predicted octanol–water partition coefficient (Wildman–Crippen LogP) is 0.507. The zero-order valence-electron chi connectivity index (χ0n) is 5.21. The molecule has 1 rings (SSSR count). The molecule has 0 spiro atoms. The summed E-state index contributed by atoms with van der Waals surface area (Å²) in [7, 11) is 0. The summed E-state index contributed by atoms with van der Waals surface area (Å²) in [6.07, 6.45) is 6.87. The number of terminal acetylenes is 1. The van der Waals surface area contributed by atoms with E-state index in [1.807, 2.05) is 0 Å². The smallest absolute Gasteiger partial charge is 0.156 e. The van der Waals surface area contributed by atoms with E-state index in [0.717, 1.165) is 19.3 Å². The van der Waals surface area contributed by atoms with Gasteiger partial charge in [0.15, 0.2) is 6.29 Å². The van der Waals surface area contributed by atoms with Crippen molar-refractivity contribution in [2.75, 3.05) is 0 Å². The van der Waals surface area contributed by atoms with Crippen LogP contribution in [0.2, 0.25) is 0 Å². The minimum atomic E-state index is -0.625. The van der Waals surface area contributed by atoms with Crippen molar-refractivity contribution >= 4 is 0 Å². The van der Waals surface area contributed by atoms with Gasteiger partial charge in [-0.15, -0.1) is 6.42 Å². The molecular weight excluding hydrogens is 116 g/mol. The third-order valence-electron chi connectivity index (χ3n) is 1.42. The molecule has 1 heterocycles. The quantitative estimate of drug-likeness (QED) is 0.479. The summed E-state index contributed by atoms with van der Waals surface area (Å²) < 4.78 is 4.95. The van der Waals surface area contributed by atoms with E-state index in [0.29, 0.717) is 0 Å². The molecule has 0 aromatic heterocycles. The van der Waals surface area contributed by atoms with Gasteiger partial charge in [-0.2, -0.15) is 0 Å². The van der Waals surface area contributed by atoms with Gasteiger partial charge < -0.3 is 9.84 Å². The first-order valence-electron chi connectivity index (χ1n) is 3.12. The van der Waals surface area contributed by atoms with E-state index in [9.17, 15) is 0 Å². The zero-order chi connectivity index (χ0) is 6.69. The minimum absolute atomic E-state index is 0.159. The van der Waals surface area contributed by atoms with E-state index in [4.69, 9.17) is 16.3 Å². The van der Waals surface area contributed by atoms with Crippen molar-refractivity contribution in [2.24, 2.45) is 0 Å². The lowest BCUT2D eigenvalue weighted by molar-refractivity contribution is -0.145. The second kappa shape index (κ2) is 2.86. The molecular formula is C7H10O2. The molecule has 0 saturated carbocycles. The maximum Gasteiger partial charge on any atom is 0.156 e. The highest BCUT2D eigenvalue weighted by molar-refractivity contribution is 4.95. The highest BCUT2D eigenvalue weighted by Gasteiger charge is 2.17. The van der Waals surface area contributed by atoms with Crippen LogP contribution in [-0.2, 0) is 4.74 Å². The van der Waals surface area contributed by atoms with Gasteiger partial charge in [0.2, 0.25) is 0 Å². The van der Waals surface area contributed by atoms with Crippen molar-refractivity contribution in [1.82, 2.24) is 0 Å². The molecule has 2 nitrogen and oxygen atoms in total. The van der Waals surface area contributed by atoms with Gasteiger partial charge in [0, 0.05) is 0 Å². The molecule has 0 aromatic carbocycles. The number of aliphatic hydroxyl groups is 1. The van der Waals surface area contributed by atoms with Crippen molar-refractivity contribution in [2.45, 2.75) is 31.7 Å². The normalized spacial score (nSPS) is 35.6. The molecule has 1 aliphatic heterocycles. The van der Waals surface area contributed by atoms with Crippen LogP contribution in [0.15, 0.2) is 0 Å². The Morgan fingerprint density at radius 3 is 2.78 bits per heavy atom. The Morgan fingerprint density at radius 1 is 1.56 bits per heavy atom. The van der Waals surface area contributed by atoms with Crippen molar-refractivity contribution in [3.8, 4) is 12.3 Å². The molecule has 1 saturated heterocycles. The number of hydrogen-bond acceptors (Lipinski definition) is 2. The largest absolute Gasteiger partial charge is 0.368 e. The fraction of sp³-hybridized carbons (Fsp3) is 0.714. The topological polar surface area (TPSA) is 29.5 Å². The van der Waals surface area contributed by atoms with E-state index in [1.165, 1.54) is 0 Å². The fourth-order valence-electron chi connectivity index (χ4n) is 0.926. The van der Waals surface area contributed by atoms with E-state index in [-0.39, 0.29) is 6.10 Å². The first kappa shape index (κ1) is 6.60. The molecule has 0 aliphatic carbocycles. The first-order valence-corrected chi connectivity index (χ1v) is 3.12. The first-order chi connectivity index (χ1) is 4.33. The van der Waals surface area contributed by atoms with Gasteiger partial charge in [-0.25, -0.2) is 0 Å². The average Bonchev–Trinajstić information content (AvgIpc) is 1.88. The molecule has 0 unspecified atom stereocenters. The second-order valence-corrected chi connectivity index (χ2v) is 2.18. The van der Waals surface area contributed by atoms with Gasteiger partial charge in [-0.3, -0.25) is 0 Å². The van der Waals surface area contributed by atoms with Crippen LogP contribution >= 0.6 is 0 Å². The third-order valence-corrected chi connectivity index (χ3v) is 1.42. The number of hydrogen-bond donors (Lipinski definition) is 1. The lowest BCUT2D eigenvalue weighted by atomic mass is 10.1. The van der Waals surface area contributed by atoms with Gasteiger partial charge in [0.25, 0.3) is 0 Å². The summed E-state index contributed by atoms with van der Waals surface area (Å²) in [6.45, 7) is 0. The van der Waals surface area contributed by atoms with Crippen LogP contribution < -0.4 is 0 Å². The molecule has 50 valence electrons. The van der Waals surface area contributed by atoms with Crippen LogP contribution in [0.3, 0.4) is 0 Å². The highest BCUT2D eigenvalue weighted by Crippen LogP contribution is 2.15. The van der Waals surface area contributed by atoms with E-state index in [1.54, 1.807) is 0 Å². The molecule has 0 radical (unpaired) electrons. The molecule has 0 amide bonds. The third kappa shape index (κ3) is 1.70. The second-order valence-electron chi connectivity index (χ2n) is 2.18. The van der Waals surface area contributed by atoms with Gasteiger partial charge in [0.1, 0.15) is 6.10 Å². The molecule has 9 heavy (non-hydrogen) atoms. The fourth-order valence-corrected chi connectivity index (χ4v) is 0.926. The molecule has 2 heteroatoms. The maximum atomic E-state index is 8.89. The Hall–Kier alpha value is -0.520. The van der Waals surface area contributed by atoms with E-state index >= 15 is 0 Å². The monoisotopic (exact) mass is 126 g/mol. The zero-order valence-corrected chi connectivity index (χ0v) is 5.21. The standard InChI is InChI=1S/C7H10O2/c1-2-6-4-3-5-7(8)9-6/h1,6-8H,3-5H2/t6-,7+/m0/s1. The van der Waals surface area contributed by atoms with Crippen LogP contribution in [0.5, 0.6) is 0 Å².